The van der Waals surface area contributed by atoms with Gasteiger partial charge in [0.15, 0.2) is 0 Å². The van der Waals surface area contributed by atoms with Crippen LogP contribution in [0.1, 0.15) is 42.1 Å². The van der Waals surface area contributed by atoms with E-state index >= 15 is 0 Å². The van der Waals surface area contributed by atoms with Crippen LogP contribution >= 0.6 is 11.8 Å². The highest BCUT2D eigenvalue weighted by atomic mass is 32.2. The van der Waals surface area contributed by atoms with Crippen molar-refractivity contribution in [2.75, 3.05) is 18.0 Å². The summed E-state index contributed by atoms with van der Waals surface area (Å²) in [6.07, 6.45) is 2.53. The SMILES string of the molecule is CC1CCN(C(=O)c2cccc(CN3CCCC3=O)c2)c2ccccc2S1. The molecule has 2 aromatic rings. The predicted molar refractivity (Wildman–Crippen MR) is 109 cm³/mol. The number of fused-ring (bicyclic) bond motifs is 1. The fourth-order valence-corrected chi connectivity index (χ4v) is 4.86. The second-order valence-corrected chi connectivity index (χ2v) is 8.74. The molecule has 0 aliphatic carbocycles. The fraction of sp³-hybridized carbons (Fsp3) is 0.364. The van der Waals surface area contributed by atoms with Crippen LogP contribution in [0.5, 0.6) is 0 Å². The van der Waals surface area contributed by atoms with Gasteiger partial charge in [0.1, 0.15) is 0 Å². The number of anilines is 1. The monoisotopic (exact) mass is 380 g/mol. The highest BCUT2D eigenvalue weighted by Gasteiger charge is 2.25. The van der Waals surface area contributed by atoms with Gasteiger partial charge in [-0.05, 0) is 42.7 Å². The zero-order valence-electron chi connectivity index (χ0n) is 15.6. The van der Waals surface area contributed by atoms with Gasteiger partial charge in [0, 0.05) is 41.8 Å². The Morgan fingerprint density at radius 1 is 1.15 bits per heavy atom. The molecule has 1 saturated heterocycles. The van der Waals surface area contributed by atoms with Crippen molar-refractivity contribution < 1.29 is 9.59 Å². The average molecular weight is 381 g/mol. The molecule has 4 nitrogen and oxygen atoms in total. The van der Waals surface area contributed by atoms with Crippen molar-refractivity contribution in [3.63, 3.8) is 0 Å². The van der Waals surface area contributed by atoms with Crippen LogP contribution in [0, 0.1) is 0 Å². The van der Waals surface area contributed by atoms with Gasteiger partial charge in [0.05, 0.1) is 5.69 Å². The number of carbonyl (C=O) groups excluding carboxylic acids is 2. The lowest BCUT2D eigenvalue weighted by Crippen LogP contribution is -2.32. The normalized spacial score (nSPS) is 19.7. The molecule has 0 N–H and O–H groups in total. The van der Waals surface area contributed by atoms with E-state index in [4.69, 9.17) is 0 Å². The molecule has 4 rings (SSSR count). The first-order valence-electron chi connectivity index (χ1n) is 9.56. The first kappa shape index (κ1) is 18.1. The molecule has 2 aliphatic heterocycles. The summed E-state index contributed by atoms with van der Waals surface area (Å²) in [7, 11) is 0. The Balaban J connectivity index is 1.59. The smallest absolute Gasteiger partial charge is 0.258 e. The molecule has 140 valence electrons. The van der Waals surface area contributed by atoms with Gasteiger partial charge in [-0.15, -0.1) is 11.8 Å². The van der Waals surface area contributed by atoms with Crippen LogP contribution in [0.2, 0.25) is 0 Å². The molecule has 2 aliphatic rings. The second-order valence-electron chi connectivity index (χ2n) is 7.26. The summed E-state index contributed by atoms with van der Waals surface area (Å²) >= 11 is 1.84. The average Bonchev–Trinajstić information content (AvgIpc) is 2.99. The van der Waals surface area contributed by atoms with Crippen molar-refractivity contribution in [3.8, 4) is 0 Å². The molecule has 2 aromatic carbocycles. The lowest BCUT2D eigenvalue weighted by Gasteiger charge is -2.23. The van der Waals surface area contributed by atoms with E-state index in [-0.39, 0.29) is 11.8 Å². The minimum Gasteiger partial charge on any atom is -0.338 e. The van der Waals surface area contributed by atoms with Gasteiger partial charge in [-0.1, -0.05) is 31.2 Å². The van der Waals surface area contributed by atoms with Gasteiger partial charge in [-0.2, -0.15) is 0 Å². The van der Waals surface area contributed by atoms with E-state index in [1.165, 1.54) is 0 Å². The Morgan fingerprint density at radius 2 is 2.00 bits per heavy atom. The van der Waals surface area contributed by atoms with Crippen LogP contribution in [-0.4, -0.2) is 35.1 Å². The molecule has 0 radical (unpaired) electrons. The predicted octanol–water partition coefficient (Wildman–Crippen LogP) is 4.34. The summed E-state index contributed by atoms with van der Waals surface area (Å²) in [6.45, 7) is 4.33. The summed E-state index contributed by atoms with van der Waals surface area (Å²) < 4.78 is 0. The Kier molecular flexibility index (Phi) is 5.21. The number of amides is 2. The molecule has 1 fully saturated rings. The number of para-hydroxylation sites is 1. The third-order valence-corrected chi connectivity index (χ3v) is 6.44. The van der Waals surface area contributed by atoms with Crippen LogP contribution in [0.25, 0.3) is 0 Å². The molecule has 0 bridgehead atoms. The third-order valence-electron chi connectivity index (χ3n) is 5.21. The Bertz CT molecular complexity index is 867. The summed E-state index contributed by atoms with van der Waals surface area (Å²) in [5.41, 5.74) is 2.70. The Hall–Kier alpha value is -2.27. The number of thioether (sulfide) groups is 1. The molecule has 5 heteroatoms. The van der Waals surface area contributed by atoms with Crippen molar-refractivity contribution in [3.05, 3.63) is 59.7 Å². The minimum absolute atomic E-state index is 0.0340. The Morgan fingerprint density at radius 3 is 2.81 bits per heavy atom. The molecule has 2 amide bonds. The first-order chi connectivity index (χ1) is 13.1. The second kappa shape index (κ2) is 7.77. The summed E-state index contributed by atoms with van der Waals surface area (Å²) in [6, 6.07) is 15.9. The van der Waals surface area contributed by atoms with Crippen molar-refractivity contribution in [1.29, 1.82) is 0 Å². The number of hydrogen-bond acceptors (Lipinski definition) is 3. The molecule has 27 heavy (non-hydrogen) atoms. The molecule has 0 saturated carbocycles. The van der Waals surface area contributed by atoms with Gasteiger partial charge in [0.25, 0.3) is 5.91 Å². The molecule has 1 atom stereocenters. The molecular formula is C22H24N2O2S. The van der Waals surface area contributed by atoms with Crippen molar-refractivity contribution in [2.24, 2.45) is 0 Å². The summed E-state index contributed by atoms with van der Waals surface area (Å²) in [5.74, 6) is 0.242. The molecule has 1 unspecified atom stereocenters. The maximum absolute atomic E-state index is 13.3. The lowest BCUT2D eigenvalue weighted by atomic mass is 10.1. The van der Waals surface area contributed by atoms with E-state index in [1.807, 2.05) is 64.0 Å². The van der Waals surface area contributed by atoms with Gasteiger partial charge < -0.3 is 9.80 Å². The number of carbonyl (C=O) groups is 2. The van der Waals surface area contributed by atoms with Crippen LogP contribution in [0.4, 0.5) is 5.69 Å². The maximum Gasteiger partial charge on any atom is 0.258 e. The van der Waals surface area contributed by atoms with Crippen LogP contribution in [-0.2, 0) is 11.3 Å². The van der Waals surface area contributed by atoms with Crippen LogP contribution < -0.4 is 4.90 Å². The Labute approximate surface area is 164 Å². The number of hydrogen-bond donors (Lipinski definition) is 0. The lowest BCUT2D eigenvalue weighted by molar-refractivity contribution is -0.128. The van der Waals surface area contributed by atoms with Crippen molar-refractivity contribution in [1.82, 2.24) is 4.90 Å². The van der Waals surface area contributed by atoms with Crippen molar-refractivity contribution >= 4 is 29.3 Å². The number of benzene rings is 2. The summed E-state index contributed by atoms with van der Waals surface area (Å²) in [4.78, 5) is 30.2. The number of nitrogens with zero attached hydrogens (tertiary/aromatic N) is 2. The van der Waals surface area contributed by atoms with Crippen LogP contribution in [0.3, 0.4) is 0 Å². The standard InChI is InChI=1S/C22H24N2O2S/c1-16-11-13-24(19-8-2-3-9-20(19)27-16)22(26)18-7-4-6-17(14-18)15-23-12-5-10-21(23)25/h2-4,6-9,14,16H,5,10-13,15H2,1H3. The first-order valence-corrected chi connectivity index (χ1v) is 10.4. The summed E-state index contributed by atoms with van der Waals surface area (Å²) in [5, 5.41) is 0.483. The zero-order valence-corrected chi connectivity index (χ0v) is 16.4. The topological polar surface area (TPSA) is 40.6 Å². The molecular weight excluding hydrogens is 356 g/mol. The van der Waals surface area contributed by atoms with E-state index in [1.54, 1.807) is 0 Å². The van der Waals surface area contributed by atoms with Gasteiger partial charge >= 0.3 is 0 Å². The van der Waals surface area contributed by atoms with E-state index < -0.39 is 0 Å². The highest BCUT2D eigenvalue weighted by molar-refractivity contribution is 8.00. The van der Waals surface area contributed by atoms with E-state index in [0.29, 0.717) is 23.8 Å². The molecule has 0 aromatic heterocycles. The van der Waals surface area contributed by atoms with Gasteiger partial charge in [-0.25, -0.2) is 0 Å². The number of rotatable bonds is 3. The molecule has 0 spiro atoms. The van der Waals surface area contributed by atoms with Gasteiger partial charge in [-0.3, -0.25) is 9.59 Å². The maximum atomic E-state index is 13.3. The van der Waals surface area contributed by atoms with Gasteiger partial charge in [0.2, 0.25) is 5.91 Å². The largest absolute Gasteiger partial charge is 0.338 e. The quantitative estimate of drug-likeness (QED) is 0.795. The zero-order chi connectivity index (χ0) is 18.8. The molecule has 2 heterocycles. The number of likely N-dealkylation sites (tertiary alicyclic amines) is 1. The fourth-order valence-electron chi connectivity index (χ4n) is 3.75. The van der Waals surface area contributed by atoms with E-state index in [9.17, 15) is 9.59 Å². The van der Waals surface area contributed by atoms with Crippen LogP contribution in [0.15, 0.2) is 53.4 Å². The third kappa shape index (κ3) is 3.88. The van der Waals surface area contributed by atoms with E-state index in [0.717, 1.165) is 42.1 Å². The minimum atomic E-state index is 0.0340. The highest BCUT2D eigenvalue weighted by Crippen LogP contribution is 2.37. The van der Waals surface area contributed by atoms with E-state index in [2.05, 4.69) is 13.0 Å². The van der Waals surface area contributed by atoms with Crippen molar-refractivity contribution in [2.45, 2.75) is 42.9 Å².